The molecule has 0 aromatic rings. The molecule has 1 N–H and O–H groups in total. The topological polar surface area (TPSA) is 15.3 Å². The average Bonchev–Trinajstić information content (AvgIpc) is 2.35. The second-order valence-corrected chi connectivity index (χ2v) is 5.51. The predicted molar refractivity (Wildman–Crippen MR) is 75.0 cm³/mol. The van der Waals surface area contributed by atoms with Gasteiger partial charge in [0, 0.05) is 18.0 Å². The number of rotatable bonds is 5. The second-order valence-electron chi connectivity index (χ2n) is 5.51. The van der Waals surface area contributed by atoms with E-state index in [1.165, 1.54) is 32.4 Å². The van der Waals surface area contributed by atoms with Gasteiger partial charge in [-0.25, -0.2) is 0 Å². The minimum Gasteiger partial charge on any atom is -0.315 e. The number of hydrogen-bond donors (Lipinski definition) is 1. The Morgan fingerprint density at radius 2 is 1.88 bits per heavy atom. The van der Waals surface area contributed by atoms with Gasteiger partial charge in [-0.1, -0.05) is 6.42 Å². The van der Waals surface area contributed by atoms with E-state index < -0.39 is 0 Å². The standard InChI is InChI=1S/C15H28N2/c1-5-6-8-11-14(16-4)15(2,3)17-12-9-7-10-13-17/h14,16H,7-13H2,1-4H3. The summed E-state index contributed by atoms with van der Waals surface area (Å²) >= 11 is 0. The van der Waals surface area contributed by atoms with Gasteiger partial charge in [0.25, 0.3) is 0 Å². The average molecular weight is 236 g/mol. The van der Waals surface area contributed by atoms with Gasteiger partial charge in [0.15, 0.2) is 0 Å². The summed E-state index contributed by atoms with van der Waals surface area (Å²) in [6.45, 7) is 9.18. The van der Waals surface area contributed by atoms with Gasteiger partial charge < -0.3 is 5.32 Å². The summed E-state index contributed by atoms with van der Waals surface area (Å²) in [5.41, 5.74) is 0.241. The van der Waals surface area contributed by atoms with E-state index in [-0.39, 0.29) is 5.54 Å². The fraction of sp³-hybridized carbons (Fsp3) is 0.867. The van der Waals surface area contributed by atoms with Gasteiger partial charge in [0.2, 0.25) is 0 Å². The van der Waals surface area contributed by atoms with Crippen LogP contribution in [0.1, 0.15) is 52.9 Å². The largest absolute Gasteiger partial charge is 0.315 e. The van der Waals surface area contributed by atoms with Crippen molar-refractivity contribution in [3.05, 3.63) is 0 Å². The molecule has 0 aromatic heterocycles. The molecule has 98 valence electrons. The highest BCUT2D eigenvalue weighted by Gasteiger charge is 2.34. The van der Waals surface area contributed by atoms with Crippen molar-refractivity contribution in [2.75, 3.05) is 20.1 Å². The van der Waals surface area contributed by atoms with E-state index in [4.69, 9.17) is 0 Å². The molecule has 0 amide bonds. The lowest BCUT2D eigenvalue weighted by molar-refractivity contribution is 0.0612. The van der Waals surface area contributed by atoms with Crippen LogP contribution in [0.3, 0.4) is 0 Å². The normalized spacial score (nSPS) is 19.5. The molecule has 0 radical (unpaired) electrons. The molecule has 2 heteroatoms. The zero-order valence-electron chi connectivity index (χ0n) is 12.0. The number of nitrogens with zero attached hydrogens (tertiary/aromatic N) is 1. The lowest BCUT2D eigenvalue weighted by Gasteiger charge is -2.46. The Bertz CT molecular complexity index is 266. The molecule has 1 fully saturated rings. The first kappa shape index (κ1) is 14.5. The van der Waals surface area contributed by atoms with Crippen LogP contribution in [-0.2, 0) is 0 Å². The lowest BCUT2D eigenvalue weighted by atomic mass is 9.87. The lowest BCUT2D eigenvalue weighted by Crippen LogP contribution is -2.58. The zero-order chi connectivity index (χ0) is 12.7. The number of piperidine rings is 1. The number of likely N-dealkylation sites (tertiary alicyclic amines) is 1. The molecule has 17 heavy (non-hydrogen) atoms. The maximum absolute atomic E-state index is 3.49. The van der Waals surface area contributed by atoms with Crippen LogP contribution in [0.15, 0.2) is 0 Å². The molecule has 0 saturated carbocycles. The van der Waals surface area contributed by atoms with Gasteiger partial charge in [0.1, 0.15) is 0 Å². The van der Waals surface area contributed by atoms with Crippen LogP contribution in [0.25, 0.3) is 0 Å². The molecule has 1 unspecified atom stereocenters. The highest BCUT2D eigenvalue weighted by atomic mass is 15.2. The van der Waals surface area contributed by atoms with Crippen molar-refractivity contribution in [2.24, 2.45) is 0 Å². The Labute approximate surface area is 107 Å². The number of hydrogen-bond acceptors (Lipinski definition) is 2. The molecular formula is C15H28N2. The minimum atomic E-state index is 0.241. The Balaban J connectivity index is 2.58. The molecule has 0 bridgehead atoms. The van der Waals surface area contributed by atoms with Crippen molar-refractivity contribution in [1.29, 1.82) is 0 Å². The van der Waals surface area contributed by atoms with Crippen LogP contribution < -0.4 is 5.32 Å². The van der Waals surface area contributed by atoms with Gasteiger partial charge in [-0.2, -0.15) is 0 Å². The van der Waals surface area contributed by atoms with Crippen LogP contribution in [0.4, 0.5) is 0 Å². The molecule has 1 saturated heterocycles. The Kier molecular flexibility index (Phi) is 6.02. The third kappa shape index (κ3) is 4.01. The van der Waals surface area contributed by atoms with E-state index in [9.17, 15) is 0 Å². The molecule has 1 rings (SSSR count). The van der Waals surface area contributed by atoms with E-state index in [0.29, 0.717) is 6.04 Å². The molecule has 1 heterocycles. The van der Waals surface area contributed by atoms with Gasteiger partial charge in [-0.05, 0) is 60.2 Å². The van der Waals surface area contributed by atoms with Crippen LogP contribution in [0.2, 0.25) is 0 Å². The van der Waals surface area contributed by atoms with Crippen molar-refractivity contribution in [3.63, 3.8) is 0 Å². The van der Waals surface area contributed by atoms with E-state index in [0.717, 1.165) is 12.8 Å². The Morgan fingerprint density at radius 1 is 1.24 bits per heavy atom. The second kappa shape index (κ2) is 7.03. The Hall–Kier alpha value is -0.520. The fourth-order valence-corrected chi connectivity index (χ4v) is 2.88. The van der Waals surface area contributed by atoms with Gasteiger partial charge in [-0.15, -0.1) is 11.8 Å². The van der Waals surface area contributed by atoms with Crippen LogP contribution in [0.5, 0.6) is 0 Å². The smallest absolute Gasteiger partial charge is 0.0306 e. The first-order valence-corrected chi connectivity index (χ1v) is 6.95. The molecule has 0 spiro atoms. The van der Waals surface area contributed by atoms with Crippen molar-refractivity contribution in [2.45, 2.75) is 64.5 Å². The minimum absolute atomic E-state index is 0.241. The summed E-state index contributed by atoms with van der Waals surface area (Å²) in [5.74, 6) is 6.17. The molecule has 1 aliphatic rings. The summed E-state index contributed by atoms with van der Waals surface area (Å²) in [7, 11) is 2.08. The SMILES string of the molecule is CC#CCCC(NC)C(C)(C)N1CCCCC1. The van der Waals surface area contributed by atoms with Crippen LogP contribution in [-0.4, -0.2) is 36.6 Å². The maximum atomic E-state index is 3.49. The van der Waals surface area contributed by atoms with E-state index >= 15 is 0 Å². The summed E-state index contributed by atoms with van der Waals surface area (Å²) < 4.78 is 0. The summed E-state index contributed by atoms with van der Waals surface area (Å²) in [6.07, 6.45) is 6.25. The first-order chi connectivity index (χ1) is 8.12. The molecule has 0 aliphatic carbocycles. The predicted octanol–water partition coefficient (Wildman–Crippen LogP) is 2.64. The summed E-state index contributed by atoms with van der Waals surface area (Å²) in [4.78, 5) is 2.65. The first-order valence-electron chi connectivity index (χ1n) is 6.95. The fourth-order valence-electron chi connectivity index (χ4n) is 2.88. The molecular weight excluding hydrogens is 208 g/mol. The van der Waals surface area contributed by atoms with E-state index in [1.54, 1.807) is 0 Å². The van der Waals surface area contributed by atoms with Crippen LogP contribution in [0, 0.1) is 11.8 Å². The molecule has 0 aromatic carbocycles. The third-order valence-electron chi connectivity index (χ3n) is 4.11. The Morgan fingerprint density at radius 3 is 2.41 bits per heavy atom. The quantitative estimate of drug-likeness (QED) is 0.738. The number of likely N-dealkylation sites (N-methyl/N-ethyl adjacent to an activating group) is 1. The van der Waals surface area contributed by atoms with Crippen molar-refractivity contribution < 1.29 is 0 Å². The van der Waals surface area contributed by atoms with Crippen molar-refractivity contribution in [1.82, 2.24) is 10.2 Å². The van der Waals surface area contributed by atoms with Gasteiger partial charge >= 0.3 is 0 Å². The maximum Gasteiger partial charge on any atom is 0.0306 e. The highest BCUT2D eigenvalue weighted by molar-refractivity contribution is 4.99. The molecule has 1 aliphatic heterocycles. The van der Waals surface area contributed by atoms with Gasteiger partial charge in [0.05, 0.1) is 0 Å². The van der Waals surface area contributed by atoms with Crippen molar-refractivity contribution >= 4 is 0 Å². The zero-order valence-corrected chi connectivity index (χ0v) is 12.0. The number of nitrogens with one attached hydrogen (secondary N) is 1. The van der Waals surface area contributed by atoms with Crippen LogP contribution >= 0.6 is 0 Å². The summed E-state index contributed by atoms with van der Waals surface area (Å²) in [6, 6.07) is 0.529. The summed E-state index contributed by atoms with van der Waals surface area (Å²) in [5, 5.41) is 3.49. The molecule has 1 atom stereocenters. The highest BCUT2D eigenvalue weighted by Crippen LogP contribution is 2.25. The van der Waals surface area contributed by atoms with E-state index in [1.807, 2.05) is 6.92 Å². The monoisotopic (exact) mass is 236 g/mol. The third-order valence-corrected chi connectivity index (χ3v) is 4.11. The van der Waals surface area contributed by atoms with E-state index in [2.05, 4.69) is 43.0 Å². The van der Waals surface area contributed by atoms with Crippen molar-refractivity contribution in [3.8, 4) is 11.8 Å². The van der Waals surface area contributed by atoms with Gasteiger partial charge in [-0.3, -0.25) is 4.90 Å². The molecule has 2 nitrogen and oxygen atoms in total.